The molecule has 0 radical (unpaired) electrons. The second kappa shape index (κ2) is 10.6. The molecule has 0 aliphatic rings. The van der Waals surface area contributed by atoms with E-state index in [1.807, 2.05) is 0 Å². The summed E-state index contributed by atoms with van der Waals surface area (Å²) in [5.41, 5.74) is 0. The molecule has 0 unspecified atom stereocenters. The first-order valence-electron chi connectivity index (χ1n) is 7.39. The van der Waals surface area contributed by atoms with Gasteiger partial charge in [-0.3, -0.25) is 0 Å². The van der Waals surface area contributed by atoms with E-state index in [2.05, 4.69) is 27.0 Å². The highest BCUT2D eigenvalue weighted by Gasteiger charge is 2.19. The summed E-state index contributed by atoms with van der Waals surface area (Å²) >= 11 is 0. The highest BCUT2D eigenvalue weighted by Crippen LogP contribution is 2.11. The fourth-order valence-corrected chi connectivity index (χ4v) is 2.28. The molecule has 0 aliphatic carbocycles. The molecule has 0 amide bonds. The molecule has 2 heteroatoms. The normalized spacial score (nSPS) is 11.4. The molecule has 0 aliphatic heterocycles. The molecule has 0 aromatic carbocycles. The van der Waals surface area contributed by atoms with E-state index in [4.69, 9.17) is 5.26 Å². The summed E-state index contributed by atoms with van der Waals surface area (Å²) in [5, 5.41) is 8.94. The summed E-state index contributed by atoms with van der Waals surface area (Å²) in [6.07, 6.45) is 10.5. The van der Waals surface area contributed by atoms with Crippen molar-refractivity contribution in [1.29, 1.82) is 5.26 Å². The molecule has 2 nitrogen and oxygen atoms in total. The van der Waals surface area contributed by atoms with Gasteiger partial charge in [0.1, 0.15) is 6.07 Å². The Morgan fingerprint density at radius 3 is 1.65 bits per heavy atom. The Labute approximate surface area is 108 Å². The monoisotopic (exact) mass is 239 g/mol. The Morgan fingerprint density at radius 1 is 0.824 bits per heavy atom. The molecular weight excluding hydrogens is 208 g/mol. The molecule has 100 valence electrons. The van der Waals surface area contributed by atoms with Gasteiger partial charge in [-0.15, -0.1) is 0 Å². The molecule has 0 saturated carbocycles. The first kappa shape index (κ1) is 16.4. The average Bonchev–Trinajstić information content (AvgIpc) is 2.31. The highest BCUT2D eigenvalue weighted by atomic mass is 15.3. The Morgan fingerprint density at radius 2 is 1.29 bits per heavy atom. The maximum absolute atomic E-state index is 8.94. The van der Waals surface area contributed by atoms with E-state index in [1.54, 1.807) is 0 Å². The molecular formula is C15H31N2+. The third-order valence-electron chi connectivity index (χ3n) is 3.56. The Balaban J connectivity index is 3.85. The molecule has 0 fully saturated rings. The number of nitrogens with zero attached hydrogens (tertiary/aromatic N) is 2. The minimum absolute atomic E-state index is 0.679. The van der Waals surface area contributed by atoms with E-state index < -0.39 is 0 Å². The van der Waals surface area contributed by atoms with Crippen molar-refractivity contribution in [2.45, 2.75) is 65.2 Å². The summed E-state index contributed by atoms with van der Waals surface area (Å²) in [6.45, 7) is 7.53. The van der Waals surface area contributed by atoms with Crippen LogP contribution in [0.15, 0.2) is 0 Å². The van der Waals surface area contributed by atoms with E-state index in [0.717, 1.165) is 4.48 Å². The van der Waals surface area contributed by atoms with E-state index in [-0.39, 0.29) is 0 Å². The smallest absolute Gasteiger partial charge is 0.166 e. The van der Waals surface area contributed by atoms with Crippen LogP contribution in [0.4, 0.5) is 0 Å². The van der Waals surface area contributed by atoms with Gasteiger partial charge < -0.3 is 4.48 Å². The van der Waals surface area contributed by atoms with Crippen molar-refractivity contribution < 1.29 is 4.48 Å². The topological polar surface area (TPSA) is 23.8 Å². The van der Waals surface area contributed by atoms with Crippen molar-refractivity contribution in [3.8, 4) is 6.07 Å². The van der Waals surface area contributed by atoms with Crippen molar-refractivity contribution in [3.63, 3.8) is 0 Å². The maximum Gasteiger partial charge on any atom is 0.166 e. The van der Waals surface area contributed by atoms with Crippen molar-refractivity contribution in [2.24, 2.45) is 0 Å². The molecule has 0 aromatic heterocycles. The minimum atomic E-state index is 0.679. The van der Waals surface area contributed by atoms with Crippen LogP contribution in [-0.2, 0) is 0 Å². The first-order chi connectivity index (χ1) is 8.18. The quantitative estimate of drug-likeness (QED) is 0.302. The second-order valence-electron chi connectivity index (χ2n) is 5.50. The van der Waals surface area contributed by atoms with Gasteiger partial charge in [0.05, 0.1) is 20.1 Å². The van der Waals surface area contributed by atoms with E-state index in [0.29, 0.717) is 6.54 Å². The van der Waals surface area contributed by atoms with Crippen molar-refractivity contribution >= 4 is 0 Å². The van der Waals surface area contributed by atoms with Crippen molar-refractivity contribution in [3.05, 3.63) is 0 Å². The largest absolute Gasteiger partial charge is 0.314 e. The van der Waals surface area contributed by atoms with Crippen LogP contribution in [0.2, 0.25) is 0 Å². The van der Waals surface area contributed by atoms with Gasteiger partial charge in [0.25, 0.3) is 0 Å². The van der Waals surface area contributed by atoms with Crippen LogP contribution in [0.25, 0.3) is 0 Å². The minimum Gasteiger partial charge on any atom is -0.314 e. The predicted octanol–water partition coefficient (Wildman–Crippen LogP) is 4.12. The van der Waals surface area contributed by atoms with Crippen LogP contribution in [0.3, 0.4) is 0 Å². The second-order valence-corrected chi connectivity index (χ2v) is 5.50. The van der Waals surface area contributed by atoms with Crippen molar-refractivity contribution in [1.82, 2.24) is 0 Å². The molecule has 0 spiro atoms. The van der Waals surface area contributed by atoms with Crippen LogP contribution in [0, 0.1) is 11.3 Å². The fourth-order valence-electron chi connectivity index (χ4n) is 2.28. The summed E-state index contributed by atoms with van der Waals surface area (Å²) in [5.74, 6) is 0. The maximum atomic E-state index is 8.94. The van der Waals surface area contributed by atoms with Crippen LogP contribution >= 0.6 is 0 Å². The Bertz CT molecular complexity index is 193. The van der Waals surface area contributed by atoms with Gasteiger partial charge >= 0.3 is 0 Å². The lowest BCUT2D eigenvalue weighted by molar-refractivity contribution is -0.903. The standard InChI is InChI=1S/C15H31N2/c1-4-6-8-10-13-17(3,15-12-16)14-11-9-7-5-2/h4-11,13-15H2,1-3H3/q+1. The van der Waals surface area contributed by atoms with E-state index in [9.17, 15) is 0 Å². The van der Waals surface area contributed by atoms with Gasteiger partial charge in [-0.2, -0.15) is 5.26 Å². The van der Waals surface area contributed by atoms with Gasteiger partial charge in [0, 0.05) is 0 Å². The van der Waals surface area contributed by atoms with Crippen LogP contribution in [0.5, 0.6) is 0 Å². The first-order valence-corrected chi connectivity index (χ1v) is 7.39. The van der Waals surface area contributed by atoms with Crippen LogP contribution in [0.1, 0.15) is 65.2 Å². The lowest BCUT2D eigenvalue weighted by Crippen LogP contribution is -2.45. The number of unbranched alkanes of at least 4 members (excludes halogenated alkanes) is 6. The number of nitriles is 1. The van der Waals surface area contributed by atoms with Crippen molar-refractivity contribution in [2.75, 3.05) is 26.7 Å². The van der Waals surface area contributed by atoms with Gasteiger partial charge in [-0.25, -0.2) is 0 Å². The summed E-state index contributed by atoms with van der Waals surface area (Å²) in [7, 11) is 2.25. The highest BCUT2D eigenvalue weighted by molar-refractivity contribution is 4.68. The molecule has 17 heavy (non-hydrogen) atoms. The van der Waals surface area contributed by atoms with E-state index >= 15 is 0 Å². The molecule has 0 heterocycles. The van der Waals surface area contributed by atoms with Gasteiger partial charge in [0.15, 0.2) is 6.54 Å². The number of hydrogen-bond acceptors (Lipinski definition) is 1. The number of quaternary nitrogens is 1. The summed E-state index contributed by atoms with van der Waals surface area (Å²) in [6, 6.07) is 2.36. The molecule has 0 saturated heterocycles. The predicted molar refractivity (Wildman–Crippen MR) is 74.7 cm³/mol. The van der Waals surface area contributed by atoms with E-state index in [1.165, 1.54) is 64.5 Å². The van der Waals surface area contributed by atoms with Gasteiger partial charge in [0.2, 0.25) is 0 Å². The summed E-state index contributed by atoms with van der Waals surface area (Å²) < 4.78 is 0.962. The zero-order chi connectivity index (χ0) is 13.0. The number of hydrogen-bond donors (Lipinski definition) is 0. The van der Waals surface area contributed by atoms with Gasteiger partial charge in [-0.1, -0.05) is 39.5 Å². The van der Waals surface area contributed by atoms with Crippen LogP contribution < -0.4 is 0 Å². The molecule has 0 N–H and O–H groups in total. The fraction of sp³-hybridized carbons (Fsp3) is 0.933. The number of rotatable bonds is 11. The van der Waals surface area contributed by atoms with Gasteiger partial charge in [-0.05, 0) is 25.7 Å². The average molecular weight is 239 g/mol. The third-order valence-corrected chi connectivity index (χ3v) is 3.56. The van der Waals surface area contributed by atoms with Crippen LogP contribution in [-0.4, -0.2) is 31.2 Å². The summed E-state index contributed by atoms with van der Waals surface area (Å²) in [4.78, 5) is 0. The lowest BCUT2D eigenvalue weighted by Gasteiger charge is -2.32. The molecule has 0 bridgehead atoms. The molecule has 0 aromatic rings. The zero-order valence-corrected chi connectivity index (χ0v) is 12.2. The third kappa shape index (κ3) is 9.18. The Hall–Kier alpha value is -0.550. The molecule has 0 atom stereocenters. The Kier molecular flexibility index (Phi) is 10.3. The SMILES string of the molecule is CCCCCC[N+](C)(CC#N)CCCCCC. The molecule has 0 rings (SSSR count). The lowest BCUT2D eigenvalue weighted by atomic mass is 10.1. The zero-order valence-electron chi connectivity index (χ0n) is 12.2.